The number of aryl methyl sites for hydroxylation is 1. The van der Waals surface area contributed by atoms with Crippen LogP contribution in [-0.4, -0.2) is 10.2 Å². The molecule has 1 saturated carbocycles. The third-order valence-electron chi connectivity index (χ3n) is 2.66. The van der Waals surface area contributed by atoms with Crippen LogP contribution in [0.5, 0.6) is 0 Å². The van der Waals surface area contributed by atoms with Gasteiger partial charge in [0.25, 0.3) is 0 Å². The summed E-state index contributed by atoms with van der Waals surface area (Å²) in [7, 11) is 0. The van der Waals surface area contributed by atoms with E-state index in [9.17, 15) is 0 Å². The molecule has 1 aliphatic rings. The minimum absolute atomic E-state index is 0.910. The summed E-state index contributed by atoms with van der Waals surface area (Å²) in [6, 6.07) is 0. The van der Waals surface area contributed by atoms with Crippen molar-refractivity contribution in [2.45, 2.75) is 50.0 Å². The first-order valence-corrected chi connectivity index (χ1v) is 7.30. The molecule has 0 unspecified atom stereocenters. The van der Waals surface area contributed by atoms with Crippen LogP contribution in [-0.2, 0) is 5.75 Å². The molecule has 1 nitrogen and oxygen atoms in total. The topological polar surface area (TPSA) is 12.9 Å². The molecule has 14 heavy (non-hydrogen) atoms. The molecule has 0 aromatic carbocycles. The van der Waals surface area contributed by atoms with Gasteiger partial charge in [-0.05, 0) is 19.8 Å². The van der Waals surface area contributed by atoms with Gasteiger partial charge in [0.2, 0.25) is 0 Å². The van der Waals surface area contributed by atoms with Gasteiger partial charge in [-0.15, -0.1) is 11.3 Å². The van der Waals surface area contributed by atoms with Gasteiger partial charge < -0.3 is 0 Å². The lowest BCUT2D eigenvalue weighted by Gasteiger charge is -2.20. The Morgan fingerprint density at radius 1 is 1.43 bits per heavy atom. The molecule has 1 aromatic heterocycles. The van der Waals surface area contributed by atoms with Gasteiger partial charge in [-0.25, -0.2) is 4.98 Å². The van der Waals surface area contributed by atoms with Crippen LogP contribution in [0.1, 0.15) is 42.8 Å². The number of aromatic nitrogens is 1. The summed E-state index contributed by atoms with van der Waals surface area (Å²) in [6.45, 7) is 2.07. The Morgan fingerprint density at radius 3 is 2.86 bits per heavy atom. The zero-order valence-corrected chi connectivity index (χ0v) is 10.3. The van der Waals surface area contributed by atoms with E-state index in [-0.39, 0.29) is 0 Å². The van der Waals surface area contributed by atoms with Gasteiger partial charge in [0.15, 0.2) is 0 Å². The molecule has 0 saturated heterocycles. The van der Waals surface area contributed by atoms with Crippen molar-refractivity contribution < 1.29 is 0 Å². The Balaban J connectivity index is 1.76. The Labute approximate surface area is 94.3 Å². The van der Waals surface area contributed by atoms with Crippen molar-refractivity contribution in [1.82, 2.24) is 4.98 Å². The minimum Gasteiger partial charge on any atom is -0.246 e. The monoisotopic (exact) mass is 227 g/mol. The number of thioether (sulfide) groups is 1. The second-order valence-corrected chi connectivity index (χ2v) is 6.18. The van der Waals surface area contributed by atoms with Gasteiger partial charge in [0.05, 0.1) is 0 Å². The quantitative estimate of drug-likeness (QED) is 0.773. The average molecular weight is 227 g/mol. The summed E-state index contributed by atoms with van der Waals surface area (Å²) in [5.41, 5.74) is 1.18. The Morgan fingerprint density at radius 2 is 2.21 bits per heavy atom. The second-order valence-electron chi connectivity index (χ2n) is 3.95. The zero-order chi connectivity index (χ0) is 9.80. The first-order valence-electron chi connectivity index (χ1n) is 5.37. The molecule has 2 rings (SSSR count). The van der Waals surface area contributed by atoms with Gasteiger partial charge in [-0.3, -0.25) is 0 Å². The smallest absolute Gasteiger partial charge is 0.103 e. The van der Waals surface area contributed by atoms with E-state index in [0.29, 0.717) is 0 Å². The van der Waals surface area contributed by atoms with Crippen molar-refractivity contribution in [1.29, 1.82) is 0 Å². The SMILES string of the molecule is Cc1csc(CSC2CCCCC2)n1. The van der Waals surface area contributed by atoms with Gasteiger partial charge in [0.1, 0.15) is 5.01 Å². The predicted molar refractivity (Wildman–Crippen MR) is 65.0 cm³/mol. The van der Waals surface area contributed by atoms with Gasteiger partial charge >= 0.3 is 0 Å². The van der Waals surface area contributed by atoms with E-state index in [2.05, 4.69) is 29.0 Å². The van der Waals surface area contributed by atoms with Crippen molar-refractivity contribution in [3.8, 4) is 0 Å². The Kier molecular flexibility index (Phi) is 3.88. The third-order valence-corrected chi connectivity index (χ3v) is 5.19. The maximum atomic E-state index is 4.49. The highest BCUT2D eigenvalue weighted by Crippen LogP contribution is 2.30. The molecular weight excluding hydrogens is 210 g/mol. The number of nitrogens with zero attached hydrogens (tertiary/aromatic N) is 1. The van der Waals surface area contributed by atoms with Gasteiger partial charge in [-0.1, -0.05) is 19.3 Å². The molecule has 0 spiro atoms. The lowest BCUT2D eigenvalue weighted by Crippen LogP contribution is -2.08. The summed E-state index contributed by atoms with van der Waals surface area (Å²) in [6.07, 6.45) is 7.18. The molecule has 0 amide bonds. The molecule has 0 aliphatic heterocycles. The van der Waals surface area contributed by atoms with Crippen LogP contribution in [0.2, 0.25) is 0 Å². The molecule has 0 N–H and O–H groups in total. The second kappa shape index (κ2) is 5.17. The lowest BCUT2D eigenvalue weighted by atomic mass is 10.0. The Bertz CT molecular complexity index is 277. The van der Waals surface area contributed by atoms with Crippen molar-refractivity contribution in [3.05, 3.63) is 16.1 Å². The fourth-order valence-electron chi connectivity index (χ4n) is 1.89. The molecule has 3 heteroatoms. The van der Waals surface area contributed by atoms with Crippen LogP contribution >= 0.6 is 23.1 Å². The molecule has 1 heterocycles. The van der Waals surface area contributed by atoms with E-state index in [0.717, 1.165) is 11.0 Å². The van der Waals surface area contributed by atoms with Crippen molar-refractivity contribution in [2.24, 2.45) is 0 Å². The fraction of sp³-hybridized carbons (Fsp3) is 0.727. The normalized spacial score (nSPS) is 18.6. The van der Waals surface area contributed by atoms with Crippen LogP contribution in [0.25, 0.3) is 0 Å². The highest BCUT2D eigenvalue weighted by atomic mass is 32.2. The molecular formula is C11H17NS2. The summed E-state index contributed by atoms with van der Waals surface area (Å²) in [5.74, 6) is 1.13. The van der Waals surface area contributed by atoms with E-state index in [1.807, 2.05) is 0 Å². The highest BCUT2D eigenvalue weighted by Gasteiger charge is 2.14. The summed E-state index contributed by atoms with van der Waals surface area (Å²) < 4.78 is 0. The van der Waals surface area contributed by atoms with Crippen LogP contribution < -0.4 is 0 Å². The first-order chi connectivity index (χ1) is 6.84. The van der Waals surface area contributed by atoms with Crippen LogP contribution in [0.4, 0.5) is 0 Å². The maximum Gasteiger partial charge on any atom is 0.103 e. The summed E-state index contributed by atoms with van der Waals surface area (Å²) >= 11 is 3.92. The van der Waals surface area contributed by atoms with Gasteiger partial charge in [0, 0.05) is 22.1 Å². The van der Waals surface area contributed by atoms with Crippen LogP contribution in [0.3, 0.4) is 0 Å². The van der Waals surface area contributed by atoms with E-state index in [1.165, 1.54) is 42.8 Å². The van der Waals surface area contributed by atoms with Gasteiger partial charge in [-0.2, -0.15) is 11.8 Å². The van der Waals surface area contributed by atoms with E-state index in [4.69, 9.17) is 0 Å². The van der Waals surface area contributed by atoms with E-state index in [1.54, 1.807) is 11.3 Å². The van der Waals surface area contributed by atoms with Crippen molar-refractivity contribution in [2.75, 3.05) is 0 Å². The largest absolute Gasteiger partial charge is 0.246 e. The van der Waals surface area contributed by atoms with Crippen LogP contribution in [0, 0.1) is 6.92 Å². The maximum absolute atomic E-state index is 4.49. The Hall–Kier alpha value is -0.0200. The molecule has 1 aromatic rings. The summed E-state index contributed by atoms with van der Waals surface area (Å²) in [4.78, 5) is 4.49. The number of hydrogen-bond donors (Lipinski definition) is 0. The van der Waals surface area contributed by atoms with Crippen molar-refractivity contribution >= 4 is 23.1 Å². The zero-order valence-electron chi connectivity index (χ0n) is 8.66. The van der Waals surface area contributed by atoms with E-state index < -0.39 is 0 Å². The lowest BCUT2D eigenvalue weighted by molar-refractivity contribution is 0.516. The average Bonchev–Trinajstić information content (AvgIpc) is 2.63. The number of thiazole rings is 1. The standard InChI is InChI=1S/C11H17NS2/c1-9-7-14-11(12-9)8-13-10-5-3-2-4-6-10/h7,10H,2-6,8H2,1H3. The molecule has 78 valence electrons. The first kappa shape index (κ1) is 10.5. The highest BCUT2D eigenvalue weighted by molar-refractivity contribution is 7.99. The van der Waals surface area contributed by atoms with Crippen molar-refractivity contribution in [3.63, 3.8) is 0 Å². The predicted octanol–water partition coefficient (Wildman–Crippen LogP) is 4.02. The molecule has 1 fully saturated rings. The molecule has 0 bridgehead atoms. The third kappa shape index (κ3) is 2.99. The molecule has 1 aliphatic carbocycles. The number of hydrogen-bond acceptors (Lipinski definition) is 3. The number of rotatable bonds is 3. The molecule has 0 atom stereocenters. The molecule has 0 radical (unpaired) electrons. The summed E-state index contributed by atoms with van der Waals surface area (Å²) in [5, 5.41) is 4.36. The van der Waals surface area contributed by atoms with Crippen LogP contribution in [0.15, 0.2) is 5.38 Å². The minimum atomic E-state index is 0.910. The fourth-order valence-corrected chi connectivity index (χ4v) is 4.03. The van der Waals surface area contributed by atoms with E-state index >= 15 is 0 Å².